The molecule has 4 heteroatoms. The van der Waals surface area contributed by atoms with Crippen LogP contribution in [0.15, 0.2) is 35.7 Å². The third-order valence-corrected chi connectivity index (χ3v) is 3.03. The Morgan fingerprint density at radius 1 is 1.35 bits per heavy atom. The second kappa shape index (κ2) is 5.61. The summed E-state index contributed by atoms with van der Waals surface area (Å²) in [6.45, 7) is 0.879. The first kappa shape index (κ1) is 11.8. The van der Waals surface area contributed by atoms with E-state index in [9.17, 15) is 0 Å². The molecule has 0 aliphatic carbocycles. The van der Waals surface area contributed by atoms with Crippen molar-refractivity contribution in [2.45, 2.75) is 0 Å². The van der Waals surface area contributed by atoms with E-state index in [0.717, 1.165) is 17.8 Å². The molecule has 0 radical (unpaired) electrons. The zero-order valence-corrected chi connectivity index (χ0v) is 10.5. The zero-order chi connectivity index (χ0) is 12.1. The van der Waals surface area contributed by atoms with Gasteiger partial charge in [-0.1, -0.05) is 36.4 Å². The lowest BCUT2D eigenvalue weighted by atomic mass is 10.1. The van der Waals surface area contributed by atoms with Crippen LogP contribution in [0.4, 0.5) is 5.13 Å². The van der Waals surface area contributed by atoms with Crippen LogP contribution in [-0.2, 0) is 0 Å². The Morgan fingerprint density at radius 3 is 2.71 bits per heavy atom. The molecule has 3 N–H and O–H groups in total. The van der Waals surface area contributed by atoms with Crippen LogP contribution in [0.5, 0.6) is 0 Å². The SMILES string of the molecule is CNCC=Cc1ccc(-c2csc(N)n2)cc1. The molecule has 0 saturated heterocycles. The highest BCUT2D eigenvalue weighted by Gasteiger charge is 2.01. The van der Waals surface area contributed by atoms with Crippen LogP contribution < -0.4 is 11.1 Å². The monoisotopic (exact) mass is 245 g/mol. The number of hydrogen-bond donors (Lipinski definition) is 2. The Hall–Kier alpha value is -1.65. The molecule has 1 heterocycles. The van der Waals surface area contributed by atoms with Crippen LogP contribution in [0, 0.1) is 0 Å². The fourth-order valence-corrected chi connectivity index (χ4v) is 2.07. The van der Waals surface area contributed by atoms with Crippen LogP contribution >= 0.6 is 11.3 Å². The van der Waals surface area contributed by atoms with Crippen LogP contribution in [0.2, 0.25) is 0 Å². The van der Waals surface area contributed by atoms with Gasteiger partial charge in [0, 0.05) is 17.5 Å². The van der Waals surface area contributed by atoms with Gasteiger partial charge in [-0.15, -0.1) is 11.3 Å². The highest BCUT2D eigenvalue weighted by Crippen LogP contribution is 2.23. The van der Waals surface area contributed by atoms with E-state index in [2.05, 4.69) is 46.7 Å². The van der Waals surface area contributed by atoms with Crippen molar-refractivity contribution in [1.82, 2.24) is 10.3 Å². The number of rotatable bonds is 4. The number of aromatic nitrogens is 1. The van der Waals surface area contributed by atoms with Crippen molar-refractivity contribution in [3.05, 3.63) is 41.3 Å². The van der Waals surface area contributed by atoms with E-state index in [1.165, 1.54) is 16.9 Å². The molecule has 0 unspecified atom stereocenters. The minimum Gasteiger partial charge on any atom is -0.375 e. The minimum absolute atomic E-state index is 0.609. The first-order valence-corrected chi connectivity index (χ1v) is 6.30. The van der Waals surface area contributed by atoms with E-state index in [1.807, 2.05) is 12.4 Å². The molecule has 0 fully saturated rings. The van der Waals surface area contributed by atoms with Crippen LogP contribution in [-0.4, -0.2) is 18.6 Å². The Labute approximate surface area is 105 Å². The lowest BCUT2D eigenvalue weighted by Gasteiger charge is -1.98. The van der Waals surface area contributed by atoms with E-state index in [1.54, 1.807) is 0 Å². The molecule has 0 bridgehead atoms. The molecule has 0 saturated carbocycles. The van der Waals surface area contributed by atoms with Gasteiger partial charge >= 0.3 is 0 Å². The number of nitrogen functional groups attached to an aromatic ring is 1. The van der Waals surface area contributed by atoms with Gasteiger partial charge in [-0.05, 0) is 12.6 Å². The van der Waals surface area contributed by atoms with Crippen molar-refractivity contribution in [3.63, 3.8) is 0 Å². The van der Waals surface area contributed by atoms with Crippen molar-refractivity contribution in [1.29, 1.82) is 0 Å². The number of anilines is 1. The molecule has 0 spiro atoms. The van der Waals surface area contributed by atoms with Crippen molar-refractivity contribution in [2.24, 2.45) is 0 Å². The van der Waals surface area contributed by atoms with Crippen molar-refractivity contribution in [3.8, 4) is 11.3 Å². The lowest BCUT2D eigenvalue weighted by molar-refractivity contribution is 0.922. The smallest absolute Gasteiger partial charge is 0.180 e. The standard InChI is InChI=1S/C13H15N3S/c1-15-8-2-3-10-4-6-11(7-5-10)12-9-17-13(14)16-12/h2-7,9,15H,8H2,1H3,(H2,14,16). The first-order chi connectivity index (χ1) is 8.29. The topological polar surface area (TPSA) is 50.9 Å². The summed E-state index contributed by atoms with van der Waals surface area (Å²) in [5, 5.41) is 5.65. The summed E-state index contributed by atoms with van der Waals surface area (Å²) in [7, 11) is 1.93. The average Bonchev–Trinajstić information content (AvgIpc) is 2.77. The van der Waals surface area contributed by atoms with E-state index in [-0.39, 0.29) is 0 Å². The van der Waals surface area contributed by atoms with Gasteiger partial charge in [0.05, 0.1) is 5.69 Å². The summed E-state index contributed by atoms with van der Waals surface area (Å²) in [6, 6.07) is 8.29. The maximum absolute atomic E-state index is 5.62. The molecule has 2 rings (SSSR count). The molecular formula is C13H15N3S. The fourth-order valence-electron chi connectivity index (χ4n) is 1.50. The number of nitrogens with one attached hydrogen (secondary N) is 1. The van der Waals surface area contributed by atoms with Crippen LogP contribution in [0.1, 0.15) is 5.56 Å². The molecule has 1 aromatic heterocycles. The van der Waals surface area contributed by atoms with Gasteiger partial charge in [0.2, 0.25) is 0 Å². The lowest BCUT2D eigenvalue weighted by Crippen LogP contribution is -2.03. The minimum atomic E-state index is 0.609. The molecule has 2 aromatic rings. The van der Waals surface area contributed by atoms with Gasteiger partial charge in [-0.2, -0.15) is 0 Å². The molecule has 0 amide bonds. The number of benzene rings is 1. The Morgan fingerprint density at radius 2 is 2.12 bits per heavy atom. The molecule has 3 nitrogen and oxygen atoms in total. The van der Waals surface area contributed by atoms with Gasteiger partial charge in [0.15, 0.2) is 5.13 Å². The maximum atomic E-state index is 5.62. The molecule has 88 valence electrons. The zero-order valence-electron chi connectivity index (χ0n) is 9.68. The van der Waals surface area contributed by atoms with Crippen LogP contribution in [0.25, 0.3) is 17.3 Å². The van der Waals surface area contributed by atoms with Crippen molar-refractivity contribution >= 4 is 22.5 Å². The molecule has 0 aliphatic rings. The molecular weight excluding hydrogens is 230 g/mol. The number of nitrogens with zero attached hydrogens (tertiary/aromatic N) is 1. The normalized spacial score (nSPS) is 11.1. The molecule has 0 aliphatic heterocycles. The molecule has 17 heavy (non-hydrogen) atoms. The first-order valence-electron chi connectivity index (χ1n) is 5.42. The van der Waals surface area contributed by atoms with Gasteiger partial charge < -0.3 is 11.1 Å². The van der Waals surface area contributed by atoms with Gasteiger partial charge in [-0.3, -0.25) is 0 Å². The van der Waals surface area contributed by atoms with Gasteiger partial charge in [0.1, 0.15) is 0 Å². The van der Waals surface area contributed by atoms with Gasteiger partial charge in [-0.25, -0.2) is 4.98 Å². The van der Waals surface area contributed by atoms with Crippen molar-refractivity contribution < 1.29 is 0 Å². The van der Waals surface area contributed by atoms with Gasteiger partial charge in [0.25, 0.3) is 0 Å². The number of hydrogen-bond acceptors (Lipinski definition) is 4. The largest absolute Gasteiger partial charge is 0.375 e. The Balaban J connectivity index is 2.13. The number of likely N-dealkylation sites (N-methyl/N-ethyl adjacent to an activating group) is 1. The van der Waals surface area contributed by atoms with E-state index in [0.29, 0.717) is 5.13 Å². The second-order valence-corrected chi connectivity index (χ2v) is 4.54. The van der Waals surface area contributed by atoms with E-state index in [4.69, 9.17) is 5.73 Å². The maximum Gasteiger partial charge on any atom is 0.180 e. The van der Waals surface area contributed by atoms with Crippen molar-refractivity contribution in [2.75, 3.05) is 19.3 Å². The predicted octanol–water partition coefficient (Wildman–Crippen LogP) is 2.62. The average molecular weight is 245 g/mol. The third kappa shape index (κ3) is 3.15. The Kier molecular flexibility index (Phi) is 3.90. The summed E-state index contributed by atoms with van der Waals surface area (Å²) >= 11 is 1.46. The number of nitrogens with two attached hydrogens (primary N) is 1. The highest BCUT2D eigenvalue weighted by molar-refractivity contribution is 7.13. The van der Waals surface area contributed by atoms with E-state index >= 15 is 0 Å². The highest BCUT2D eigenvalue weighted by atomic mass is 32.1. The summed E-state index contributed by atoms with van der Waals surface area (Å²) in [4.78, 5) is 4.25. The summed E-state index contributed by atoms with van der Waals surface area (Å²) in [5.74, 6) is 0. The fraction of sp³-hybridized carbons (Fsp3) is 0.154. The molecule has 1 aromatic carbocycles. The second-order valence-electron chi connectivity index (χ2n) is 3.65. The summed E-state index contributed by atoms with van der Waals surface area (Å²) in [6.07, 6.45) is 4.19. The molecule has 0 atom stereocenters. The predicted molar refractivity (Wildman–Crippen MR) is 74.9 cm³/mol. The third-order valence-electron chi connectivity index (χ3n) is 2.36. The van der Waals surface area contributed by atoms with E-state index < -0.39 is 0 Å². The number of thiazole rings is 1. The quantitative estimate of drug-likeness (QED) is 0.870. The van der Waals surface area contributed by atoms with Crippen LogP contribution in [0.3, 0.4) is 0 Å². The summed E-state index contributed by atoms with van der Waals surface area (Å²) in [5.41, 5.74) is 8.85. The Bertz CT molecular complexity index is 500. The summed E-state index contributed by atoms with van der Waals surface area (Å²) < 4.78 is 0.